The number of ether oxygens (including phenoxy) is 3. The van der Waals surface area contributed by atoms with E-state index in [1.165, 1.54) is 13.8 Å². The number of rotatable bonds is 13. The van der Waals surface area contributed by atoms with Crippen LogP contribution in [0.15, 0.2) is 79.1 Å². The molecule has 5 rings (SSSR count). The number of benzene rings is 2. The van der Waals surface area contributed by atoms with E-state index in [9.17, 15) is 14.0 Å². The first kappa shape index (κ1) is 30.4. The van der Waals surface area contributed by atoms with Crippen molar-refractivity contribution in [3.63, 3.8) is 0 Å². The van der Waals surface area contributed by atoms with Gasteiger partial charge in [-0.1, -0.05) is 24.3 Å². The van der Waals surface area contributed by atoms with E-state index in [1.807, 2.05) is 67.3 Å². The molecule has 0 spiro atoms. The Morgan fingerprint density at radius 2 is 1.41 bits per heavy atom. The number of carbonyl (C=O) groups is 2. The zero-order valence-corrected chi connectivity index (χ0v) is 25.0. The molecule has 0 bridgehead atoms. The lowest BCUT2D eigenvalue weighted by Crippen LogP contribution is -2.12. The number of pyridine rings is 2. The van der Waals surface area contributed by atoms with E-state index in [2.05, 4.69) is 4.98 Å². The number of aromatic nitrogens is 3. The minimum atomic E-state index is -0.510. The summed E-state index contributed by atoms with van der Waals surface area (Å²) < 4.78 is 33.6. The minimum absolute atomic E-state index is 0.164. The number of imidazole rings is 1. The van der Waals surface area contributed by atoms with Gasteiger partial charge < -0.3 is 23.5 Å². The molecule has 0 unspecified atom stereocenters. The van der Waals surface area contributed by atoms with Crippen molar-refractivity contribution in [2.75, 3.05) is 45.4 Å². The van der Waals surface area contributed by atoms with E-state index in [0.29, 0.717) is 53.8 Å². The van der Waals surface area contributed by atoms with Gasteiger partial charge in [-0.15, -0.1) is 0 Å². The number of hydrogen-bond acceptors (Lipinski definition) is 8. The summed E-state index contributed by atoms with van der Waals surface area (Å²) in [6.07, 6.45) is 3.77. The number of carbonyl (C=O) groups excluding carboxylic acids is 2. The fourth-order valence-electron chi connectivity index (χ4n) is 4.66. The maximum atomic E-state index is 14.6. The molecular weight excluding hydrogens is 563 g/mol. The van der Waals surface area contributed by atoms with Gasteiger partial charge in [-0.2, -0.15) is 4.39 Å². The molecule has 0 radical (unpaired) electrons. The molecule has 0 aliphatic rings. The van der Waals surface area contributed by atoms with E-state index in [1.54, 1.807) is 35.2 Å². The molecule has 3 heterocycles. The monoisotopic (exact) mass is 596 g/mol. The molecule has 0 amide bonds. The Hall–Kier alpha value is -5.09. The largest absolute Gasteiger partial charge is 0.491 e. The highest BCUT2D eigenvalue weighted by molar-refractivity contribution is 6.07. The van der Waals surface area contributed by atoms with Crippen LogP contribution in [0.1, 0.15) is 34.6 Å². The third-order valence-corrected chi connectivity index (χ3v) is 6.95. The van der Waals surface area contributed by atoms with Crippen LogP contribution in [-0.4, -0.2) is 66.5 Å². The highest BCUT2D eigenvalue weighted by Crippen LogP contribution is 2.28. The van der Waals surface area contributed by atoms with Gasteiger partial charge >= 0.3 is 0 Å². The molecule has 9 nitrogen and oxygen atoms in total. The summed E-state index contributed by atoms with van der Waals surface area (Å²) in [6, 6.07) is 19.7. The van der Waals surface area contributed by atoms with Gasteiger partial charge in [-0.3, -0.25) is 9.59 Å². The predicted molar refractivity (Wildman–Crippen MR) is 166 cm³/mol. The van der Waals surface area contributed by atoms with Gasteiger partial charge in [0.2, 0.25) is 5.95 Å². The van der Waals surface area contributed by atoms with E-state index < -0.39 is 5.95 Å². The van der Waals surface area contributed by atoms with Crippen LogP contribution in [0.2, 0.25) is 0 Å². The number of nitrogens with zero attached hydrogens (tertiary/aromatic N) is 4. The maximum Gasteiger partial charge on any atom is 0.222 e. The quantitative estimate of drug-likeness (QED) is 0.0908. The van der Waals surface area contributed by atoms with E-state index >= 15 is 0 Å². The Bertz CT molecular complexity index is 1800. The molecule has 226 valence electrons. The molecule has 5 aromatic rings. The lowest BCUT2D eigenvalue weighted by Gasteiger charge is -2.12. The highest BCUT2D eigenvalue weighted by atomic mass is 19.1. The Labute approximate surface area is 254 Å². The summed E-state index contributed by atoms with van der Waals surface area (Å²) in [4.78, 5) is 34.1. The fraction of sp³-hybridized carbons (Fsp3) is 0.235. The molecule has 2 aromatic carbocycles. The maximum absolute atomic E-state index is 14.6. The molecule has 0 atom stereocenters. The lowest BCUT2D eigenvalue weighted by molar-refractivity contribution is 0.0762. The van der Waals surface area contributed by atoms with Gasteiger partial charge in [0.25, 0.3) is 0 Å². The van der Waals surface area contributed by atoms with E-state index in [4.69, 9.17) is 19.2 Å². The van der Waals surface area contributed by atoms with Gasteiger partial charge in [0, 0.05) is 42.5 Å². The van der Waals surface area contributed by atoms with Crippen molar-refractivity contribution >= 4 is 23.0 Å². The zero-order chi connectivity index (χ0) is 31.2. The molecule has 0 N–H and O–H groups in total. The second kappa shape index (κ2) is 13.5. The van der Waals surface area contributed by atoms with Crippen molar-refractivity contribution in [1.29, 1.82) is 0 Å². The van der Waals surface area contributed by atoms with Gasteiger partial charge in [0.1, 0.15) is 36.2 Å². The normalized spacial score (nSPS) is 11.0. The molecule has 44 heavy (non-hydrogen) atoms. The topological polar surface area (TPSA) is 95.3 Å². The van der Waals surface area contributed by atoms with E-state index in [-0.39, 0.29) is 18.2 Å². The van der Waals surface area contributed by atoms with Crippen molar-refractivity contribution in [3.05, 3.63) is 96.2 Å². The summed E-state index contributed by atoms with van der Waals surface area (Å²) >= 11 is 0. The first-order chi connectivity index (χ1) is 21.2. The van der Waals surface area contributed by atoms with Gasteiger partial charge in [-0.25, -0.2) is 9.97 Å². The third-order valence-electron chi connectivity index (χ3n) is 6.95. The lowest BCUT2D eigenvalue weighted by atomic mass is 10.0. The first-order valence-corrected chi connectivity index (χ1v) is 14.1. The van der Waals surface area contributed by atoms with Crippen molar-refractivity contribution in [3.8, 4) is 33.9 Å². The highest BCUT2D eigenvalue weighted by Gasteiger charge is 2.13. The molecule has 0 saturated carbocycles. The summed E-state index contributed by atoms with van der Waals surface area (Å²) in [5, 5.41) is 0. The van der Waals surface area contributed by atoms with Crippen LogP contribution in [0.5, 0.6) is 11.5 Å². The van der Waals surface area contributed by atoms with Gasteiger partial charge in [0.05, 0.1) is 25.1 Å². The second-order valence-electron chi connectivity index (χ2n) is 10.4. The number of anilines is 1. The van der Waals surface area contributed by atoms with E-state index in [0.717, 1.165) is 22.5 Å². The first-order valence-electron chi connectivity index (χ1n) is 14.1. The molecule has 3 aromatic heterocycles. The number of hydrogen-bond donors (Lipinski definition) is 0. The Balaban J connectivity index is 1.11. The average molecular weight is 597 g/mol. The Morgan fingerprint density at radius 3 is 2.07 bits per heavy atom. The van der Waals surface area contributed by atoms with Crippen LogP contribution in [0.4, 0.5) is 10.2 Å². The van der Waals surface area contributed by atoms with Crippen molar-refractivity contribution in [2.45, 2.75) is 13.8 Å². The third kappa shape index (κ3) is 7.09. The van der Waals surface area contributed by atoms with Crippen LogP contribution in [-0.2, 0) is 4.74 Å². The van der Waals surface area contributed by atoms with Crippen LogP contribution in [0.3, 0.4) is 0 Å². The predicted octanol–water partition coefficient (Wildman–Crippen LogP) is 6.15. The van der Waals surface area contributed by atoms with Crippen LogP contribution in [0.25, 0.3) is 28.0 Å². The van der Waals surface area contributed by atoms with Gasteiger partial charge in [0.15, 0.2) is 11.6 Å². The molecule has 10 heteroatoms. The molecule has 0 saturated heterocycles. The zero-order valence-electron chi connectivity index (χ0n) is 25.0. The van der Waals surface area contributed by atoms with Crippen molar-refractivity contribution in [1.82, 2.24) is 14.4 Å². The molecule has 0 aliphatic carbocycles. The molecule has 0 aliphatic heterocycles. The Kier molecular flexibility index (Phi) is 9.30. The van der Waals surface area contributed by atoms with Crippen molar-refractivity contribution in [2.24, 2.45) is 0 Å². The van der Waals surface area contributed by atoms with Gasteiger partial charge in [-0.05, 0) is 61.9 Å². The number of ketones is 2. The summed E-state index contributed by atoms with van der Waals surface area (Å²) in [7, 11) is 3.64. The fourth-order valence-corrected chi connectivity index (χ4v) is 4.66. The number of fused-ring (bicyclic) bond motifs is 1. The Morgan fingerprint density at radius 1 is 0.750 bits per heavy atom. The van der Waals surface area contributed by atoms with Crippen molar-refractivity contribution < 1.29 is 28.2 Å². The number of halogens is 1. The standard InChI is InChI=1S/C34H33FN4O5/c1-22(40)28-11-9-26(19-30(28)23(2)41)43-17-15-42-16-18-44-27-10-13-33-36-31(21-39(33)20-27)25-7-5-24(6-8-25)29-12-14-32(38(3)4)37-34(29)35/h5-14,19-21H,15-18H2,1-4H3. The summed E-state index contributed by atoms with van der Waals surface area (Å²) in [6.45, 7) is 4.18. The molecular formula is C34H33FN4O5. The summed E-state index contributed by atoms with van der Waals surface area (Å²) in [5.41, 5.74) is 4.37. The van der Waals surface area contributed by atoms with Crippen LogP contribution < -0.4 is 14.4 Å². The average Bonchev–Trinajstić information content (AvgIpc) is 3.44. The second-order valence-corrected chi connectivity index (χ2v) is 10.4. The number of Topliss-reactive ketones (excluding diaryl/α,β-unsaturated/α-hetero) is 2. The van der Waals surface area contributed by atoms with Crippen LogP contribution in [0, 0.1) is 5.95 Å². The smallest absolute Gasteiger partial charge is 0.222 e. The SMILES string of the molecule is CC(=O)c1ccc(OCCOCCOc2ccc3nc(-c4ccc(-c5ccc(N(C)C)nc5F)cc4)cn3c2)cc1C(C)=O. The molecule has 0 fully saturated rings. The summed E-state index contributed by atoms with van der Waals surface area (Å²) in [5.74, 6) is 0.876. The van der Waals surface area contributed by atoms with Crippen LogP contribution >= 0.6 is 0 Å². The minimum Gasteiger partial charge on any atom is -0.491 e.